The fourth-order valence-electron chi connectivity index (χ4n) is 2.32. The van der Waals surface area contributed by atoms with Crippen LogP contribution < -0.4 is 0 Å². The molecule has 22 heavy (non-hydrogen) atoms. The van der Waals surface area contributed by atoms with Crippen molar-refractivity contribution in [3.63, 3.8) is 0 Å². The summed E-state index contributed by atoms with van der Waals surface area (Å²) < 4.78 is 0. The molecule has 0 radical (unpaired) electrons. The molecule has 3 nitrogen and oxygen atoms in total. The Morgan fingerprint density at radius 3 is 2.05 bits per heavy atom. The number of aliphatic hydroxyl groups is 1. The number of hydrogen-bond acceptors (Lipinski definition) is 2. The molecule has 0 aliphatic carbocycles. The largest absolute Gasteiger partial charge is 0.481 e. The number of rotatable bonds is 15. The van der Waals surface area contributed by atoms with Gasteiger partial charge in [-0.1, -0.05) is 63.3 Å². The van der Waals surface area contributed by atoms with Crippen LogP contribution in [0.15, 0.2) is 24.3 Å². The summed E-state index contributed by atoms with van der Waals surface area (Å²) in [6.45, 7) is 1.98. The minimum Gasteiger partial charge on any atom is -0.481 e. The number of carbonyl (C=O) groups is 1. The van der Waals surface area contributed by atoms with E-state index >= 15 is 0 Å². The van der Waals surface area contributed by atoms with Crippen LogP contribution >= 0.6 is 0 Å². The van der Waals surface area contributed by atoms with E-state index < -0.39 is 11.9 Å². The zero-order valence-electron chi connectivity index (χ0n) is 14.2. The Bertz CT molecular complexity index is 308. The van der Waals surface area contributed by atoms with Gasteiger partial charge in [-0.05, 0) is 38.5 Å². The summed E-state index contributed by atoms with van der Waals surface area (Å²) in [4.78, 5) is 10.7. The first-order valence-electron chi connectivity index (χ1n) is 8.86. The number of aliphatic hydroxyl groups excluding tert-OH is 1. The van der Waals surface area contributed by atoms with Crippen LogP contribution in [0.1, 0.15) is 77.6 Å². The summed E-state index contributed by atoms with van der Waals surface area (Å²) in [5.41, 5.74) is 0. The molecule has 2 N–H and O–H groups in total. The molecule has 0 saturated carbocycles. The highest BCUT2D eigenvalue weighted by molar-refractivity contribution is 5.69. The SMILES string of the molecule is CCCCC/C=C\C/C=C\CCCCCCC(CO)C(=O)O. The lowest BCUT2D eigenvalue weighted by atomic mass is 10.0. The molecule has 0 bridgehead atoms. The third-order valence-corrected chi connectivity index (χ3v) is 3.82. The lowest BCUT2D eigenvalue weighted by Crippen LogP contribution is -2.17. The van der Waals surface area contributed by atoms with Gasteiger partial charge in [0.25, 0.3) is 0 Å². The van der Waals surface area contributed by atoms with Gasteiger partial charge in [0.1, 0.15) is 0 Å². The molecule has 0 fully saturated rings. The van der Waals surface area contributed by atoms with Gasteiger partial charge in [0.2, 0.25) is 0 Å². The van der Waals surface area contributed by atoms with E-state index in [4.69, 9.17) is 10.2 Å². The Labute approximate surface area is 136 Å². The van der Waals surface area contributed by atoms with Gasteiger partial charge < -0.3 is 10.2 Å². The Balaban J connectivity index is 3.35. The number of carboxylic acids is 1. The maximum Gasteiger partial charge on any atom is 0.308 e. The second-order valence-corrected chi connectivity index (χ2v) is 5.88. The van der Waals surface area contributed by atoms with Crippen LogP contribution in [0.4, 0.5) is 0 Å². The van der Waals surface area contributed by atoms with Gasteiger partial charge in [-0.2, -0.15) is 0 Å². The molecule has 0 amide bonds. The van der Waals surface area contributed by atoms with Crippen LogP contribution in [0.5, 0.6) is 0 Å². The van der Waals surface area contributed by atoms with Gasteiger partial charge >= 0.3 is 5.97 Å². The zero-order valence-corrected chi connectivity index (χ0v) is 14.2. The third-order valence-electron chi connectivity index (χ3n) is 3.82. The molecule has 0 aromatic rings. The fourth-order valence-corrected chi connectivity index (χ4v) is 2.32. The van der Waals surface area contributed by atoms with Crippen LogP contribution in [0.25, 0.3) is 0 Å². The van der Waals surface area contributed by atoms with Gasteiger partial charge in [0.05, 0.1) is 12.5 Å². The Kier molecular flexibility index (Phi) is 15.5. The first-order valence-corrected chi connectivity index (χ1v) is 8.86. The number of allylic oxidation sites excluding steroid dienone is 4. The number of aliphatic carboxylic acids is 1. The Hall–Kier alpha value is -1.09. The molecule has 0 aliphatic rings. The van der Waals surface area contributed by atoms with Gasteiger partial charge in [0.15, 0.2) is 0 Å². The second-order valence-electron chi connectivity index (χ2n) is 5.88. The first-order chi connectivity index (χ1) is 10.7. The van der Waals surface area contributed by atoms with Crippen molar-refractivity contribution >= 4 is 5.97 Å². The molecule has 0 aromatic carbocycles. The Morgan fingerprint density at radius 1 is 0.909 bits per heavy atom. The van der Waals surface area contributed by atoms with E-state index in [9.17, 15) is 4.79 Å². The van der Waals surface area contributed by atoms with Crippen LogP contribution in [0.2, 0.25) is 0 Å². The maximum atomic E-state index is 10.7. The van der Waals surface area contributed by atoms with Crippen molar-refractivity contribution in [2.24, 2.45) is 5.92 Å². The smallest absolute Gasteiger partial charge is 0.308 e. The van der Waals surface area contributed by atoms with Crippen molar-refractivity contribution in [2.75, 3.05) is 6.61 Å². The summed E-state index contributed by atoms with van der Waals surface area (Å²) in [7, 11) is 0. The van der Waals surface area contributed by atoms with Crippen LogP contribution in [0, 0.1) is 5.92 Å². The van der Waals surface area contributed by atoms with Crippen molar-refractivity contribution in [1.82, 2.24) is 0 Å². The lowest BCUT2D eigenvalue weighted by Gasteiger charge is -2.07. The Morgan fingerprint density at radius 2 is 1.50 bits per heavy atom. The monoisotopic (exact) mass is 310 g/mol. The van der Waals surface area contributed by atoms with E-state index in [1.54, 1.807) is 0 Å². The summed E-state index contributed by atoms with van der Waals surface area (Å²) in [5, 5.41) is 17.7. The molecule has 128 valence electrons. The topological polar surface area (TPSA) is 57.5 Å². The number of hydrogen-bond donors (Lipinski definition) is 2. The van der Waals surface area contributed by atoms with Crippen molar-refractivity contribution in [1.29, 1.82) is 0 Å². The highest BCUT2D eigenvalue weighted by Crippen LogP contribution is 2.12. The molecule has 1 unspecified atom stereocenters. The van der Waals surface area contributed by atoms with Crippen molar-refractivity contribution in [3.8, 4) is 0 Å². The summed E-state index contributed by atoms with van der Waals surface area (Å²) in [6.07, 6.45) is 21.1. The van der Waals surface area contributed by atoms with Gasteiger partial charge in [-0.25, -0.2) is 0 Å². The average molecular weight is 310 g/mol. The van der Waals surface area contributed by atoms with Crippen LogP contribution in [-0.4, -0.2) is 22.8 Å². The highest BCUT2D eigenvalue weighted by atomic mass is 16.4. The minimum absolute atomic E-state index is 0.246. The molecule has 1 atom stereocenters. The first kappa shape index (κ1) is 20.9. The van der Waals surface area contributed by atoms with Crippen molar-refractivity contribution in [3.05, 3.63) is 24.3 Å². The fraction of sp³-hybridized carbons (Fsp3) is 0.737. The van der Waals surface area contributed by atoms with Crippen LogP contribution in [-0.2, 0) is 4.79 Å². The van der Waals surface area contributed by atoms with Gasteiger partial charge in [-0.15, -0.1) is 0 Å². The molecular formula is C19H34O3. The number of carboxylic acid groups (broad SMARTS) is 1. The zero-order chi connectivity index (χ0) is 16.5. The quantitative estimate of drug-likeness (QED) is 0.327. The van der Waals surface area contributed by atoms with E-state index in [2.05, 4.69) is 31.2 Å². The molecular weight excluding hydrogens is 276 g/mol. The third kappa shape index (κ3) is 13.9. The van der Waals surface area contributed by atoms with E-state index in [0.29, 0.717) is 6.42 Å². The van der Waals surface area contributed by atoms with E-state index in [1.807, 2.05) is 0 Å². The molecule has 0 aromatic heterocycles. The van der Waals surface area contributed by atoms with Gasteiger partial charge in [0, 0.05) is 0 Å². The summed E-state index contributed by atoms with van der Waals surface area (Å²) in [6, 6.07) is 0. The highest BCUT2D eigenvalue weighted by Gasteiger charge is 2.14. The number of unbranched alkanes of at least 4 members (excludes halogenated alkanes) is 7. The normalized spacial score (nSPS) is 13.2. The van der Waals surface area contributed by atoms with Crippen molar-refractivity contribution in [2.45, 2.75) is 77.6 Å². The van der Waals surface area contributed by atoms with E-state index in [-0.39, 0.29) is 6.61 Å². The molecule has 0 rings (SSSR count). The molecule has 0 saturated heterocycles. The lowest BCUT2D eigenvalue weighted by molar-refractivity contribution is -0.143. The molecule has 0 aliphatic heterocycles. The average Bonchev–Trinajstić information content (AvgIpc) is 2.51. The second kappa shape index (κ2) is 16.3. The summed E-state index contributed by atoms with van der Waals surface area (Å²) >= 11 is 0. The summed E-state index contributed by atoms with van der Waals surface area (Å²) in [5.74, 6) is -1.46. The van der Waals surface area contributed by atoms with Crippen LogP contribution in [0.3, 0.4) is 0 Å². The standard InChI is InChI=1S/C19H34O3/c1-2-3-4-5-6-7-8-9-10-11-12-13-14-15-16-18(17-20)19(21)22/h6-7,9-10,18,20H,2-5,8,11-17H2,1H3,(H,21,22)/b7-6-,10-9-. The van der Waals surface area contributed by atoms with Crippen molar-refractivity contribution < 1.29 is 15.0 Å². The molecule has 0 heterocycles. The van der Waals surface area contributed by atoms with E-state index in [1.165, 1.54) is 25.7 Å². The maximum absolute atomic E-state index is 10.7. The van der Waals surface area contributed by atoms with Gasteiger partial charge in [-0.3, -0.25) is 4.79 Å². The predicted octanol–water partition coefficient (Wildman–Crippen LogP) is 5.10. The minimum atomic E-state index is -0.881. The predicted molar refractivity (Wildman–Crippen MR) is 93.0 cm³/mol. The van der Waals surface area contributed by atoms with E-state index in [0.717, 1.165) is 38.5 Å². The molecule has 3 heteroatoms. The molecule has 0 spiro atoms.